The number of nitrogens with one attached hydrogen (secondary N) is 4. The van der Waals surface area contributed by atoms with Gasteiger partial charge in [-0.2, -0.15) is 5.26 Å². The zero-order valence-electron chi connectivity index (χ0n) is 22.2. The van der Waals surface area contributed by atoms with Crippen LogP contribution in [-0.4, -0.2) is 68.5 Å². The van der Waals surface area contributed by atoms with Gasteiger partial charge in [-0.05, 0) is 74.1 Å². The maximum absolute atomic E-state index is 9.75. The molecule has 5 rings (SSSR count). The van der Waals surface area contributed by atoms with Crippen LogP contribution >= 0.6 is 11.6 Å². The molecule has 12 heteroatoms. The highest BCUT2D eigenvalue weighted by Crippen LogP contribution is 2.32. The third-order valence-corrected chi connectivity index (χ3v) is 7.96. The van der Waals surface area contributed by atoms with Crippen LogP contribution in [0.3, 0.4) is 0 Å². The van der Waals surface area contributed by atoms with Gasteiger partial charge in [0.05, 0.1) is 22.2 Å². The van der Waals surface area contributed by atoms with Gasteiger partial charge < -0.3 is 20.7 Å². The van der Waals surface area contributed by atoms with Gasteiger partial charge in [-0.3, -0.25) is 0 Å². The van der Waals surface area contributed by atoms with Crippen molar-refractivity contribution in [2.75, 3.05) is 30.4 Å². The first-order chi connectivity index (χ1) is 19.0. The second-order valence-corrected chi connectivity index (χ2v) is 11.0. The Bertz CT molecular complexity index is 1250. The fourth-order valence-electron chi connectivity index (χ4n) is 5.38. The van der Waals surface area contributed by atoms with E-state index < -0.39 is 5.41 Å². The second-order valence-electron chi connectivity index (χ2n) is 10.6. The molecule has 0 unspecified atom stereocenters. The van der Waals surface area contributed by atoms with Crippen molar-refractivity contribution >= 4 is 23.2 Å². The van der Waals surface area contributed by atoms with Crippen molar-refractivity contribution in [3.63, 3.8) is 0 Å². The highest BCUT2D eigenvalue weighted by atomic mass is 35.5. The summed E-state index contributed by atoms with van der Waals surface area (Å²) < 4.78 is 5.44. The van der Waals surface area contributed by atoms with Crippen molar-refractivity contribution < 1.29 is 4.74 Å². The molecule has 1 aliphatic heterocycles. The van der Waals surface area contributed by atoms with Crippen LogP contribution in [0.25, 0.3) is 11.3 Å². The number of halogens is 1. The number of hydrogen-bond acceptors (Lipinski definition) is 10. The summed E-state index contributed by atoms with van der Waals surface area (Å²) in [7, 11) is 0. The molecule has 2 aliphatic rings. The number of pyridine rings is 2. The number of ether oxygens (including phenoxy) is 1. The minimum Gasteiger partial charge on any atom is -0.381 e. The predicted octanol–water partition coefficient (Wildman–Crippen LogP) is 3.99. The maximum Gasteiger partial charge on any atom is 0.149 e. The van der Waals surface area contributed by atoms with Gasteiger partial charge >= 0.3 is 0 Å². The molecule has 0 radical (unpaired) electrons. The zero-order valence-corrected chi connectivity index (χ0v) is 22.9. The van der Waals surface area contributed by atoms with Crippen LogP contribution in [0.2, 0.25) is 5.02 Å². The van der Waals surface area contributed by atoms with E-state index in [1.54, 1.807) is 6.20 Å². The zero-order chi connectivity index (χ0) is 27.1. The number of nitriles is 1. The molecule has 0 aromatic carbocycles. The molecular formula is C27H35ClN10O. The van der Waals surface area contributed by atoms with Crippen LogP contribution in [0.15, 0.2) is 30.5 Å². The first kappa shape index (κ1) is 27.2. The fourth-order valence-corrected chi connectivity index (χ4v) is 5.58. The van der Waals surface area contributed by atoms with Gasteiger partial charge in [-0.1, -0.05) is 17.7 Å². The summed E-state index contributed by atoms with van der Waals surface area (Å²) in [4.78, 5) is 9.33. The average Bonchev–Trinajstić information content (AvgIpc) is 3.47. The van der Waals surface area contributed by atoms with Gasteiger partial charge in [-0.25, -0.2) is 15.1 Å². The minimum atomic E-state index is -0.428. The third kappa shape index (κ3) is 7.20. The highest BCUT2D eigenvalue weighted by molar-refractivity contribution is 6.33. The molecule has 3 aromatic heterocycles. The summed E-state index contributed by atoms with van der Waals surface area (Å²) in [6.07, 6.45) is 8.18. The number of rotatable bonds is 10. The quantitative estimate of drug-likeness (QED) is 0.292. The number of nitrogens with zero attached hydrogens (tertiary/aromatic N) is 6. The van der Waals surface area contributed by atoms with Crippen molar-refractivity contribution in [3.05, 3.63) is 41.3 Å². The highest BCUT2D eigenvalue weighted by Gasteiger charge is 2.32. The van der Waals surface area contributed by atoms with E-state index >= 15 is 0 Å². The van der Waals surface area contributed by atoms with Crippen molar-refractivity contribution in [1.82, 2.24) is 35.9 Å². The topological polar surface area (TPSA) is 149 Å². The lowest BCUT2D eigenvalue weighted by Crippen LogP contribution is -2.42. The summed E-state index contributed by atoms with van der Waals surface area (Å²) in [6, 6.07) is 11.4. The van der Waals surface area contributed by atoms with E-state index in [9.17, 15) is 5.26 Å². The maximum atomic E-state index is 9.75. The summed E-state index contributed by atoms with van der Waals surface area (Å²) >= 11 is 6.56. The van der Waals surface area contributed by atoms with Crippen molar-refractivity contribution in [2.24, 2.45) is 5.41 Å². The molecule has 4 heterocycles. The summed E-state index contributed by atoms with van der Waals surface area (Å²) in [6.45, 7) is 3.93. The molecule has 1 atom stereocenters. The number of aromatic nitrogens is 6. The number of anilines is 2. The molecule has 0 spiro atoms. The van der Waals surface area contributed by atoms with Gasteiger partial charge in [0.15, 0.2) is 0 Å². The van der Waals surface area contributed by atoms with E-state index in [2.05, 4.69) is 54.6 Å². The average molecular weight is 551 g/mol. The number of tetrazole rings is 1. The Hall–Kier alpha value is -3.33. The van der Waals surface area contributed by atoms with Gasteiger partial charge in [0.2, 0.25) is 0 Å². The molecule has 0 bridgehead atoms. The molecule has 3 aromatic rings. The largest absolute Gasteiger partial charge is 0.381 e. The van der Waals surface area contributed by atoms with Crippen molar-refractivity contribution in [1.29, 1.82) is 5.26 Å². The lowest BCUT2D eigenvalue weighted by atomic mass is 9.82. The molecule has 1 aliphatic carbocycles. The number of hydrogen-bond donors (Lipinski definition) is 4. The van der Waals surface area contributed by atoms with Gasteiger partial charge in [0, 0.05) is 56.1 Å². The van der Waals surface area contributed by atoms with E-state index in [0.29, 0.717) is 42.9 Å². The molecule has 1 saturated heterocycles. The van der Waals surface area contributed by atoms with Gasteiger partial charge in [-0.15, -0.1) is 5.10 Å². The molecule has 1 saturated carbocycles. The monoisotopic (exact) mass is 550 g/mol. The van der Waals surface area contributed by atoms with E-state index in [1.165, 1.54) is 0 Å². The Kier molecular flexibility index (Phi) is 8.86. The van der Waals surface area contributed by atoms with Crippen LogP contribution in [0.1, 0.15) is 51.3 Å². The lowest BCUT2D eigenvalue weighted by Gasteiger charge is -2.32. The predicted molar refractivity (Wildman–Crippen MR) is 149 cm³/mol. The SMILES string of the molecule is C[C@@H](Cc1nnn[nH]1)N[C@H]1CC[C@H](Nc2cc(-c3cccc(NCC4(C#N)CCOCC4)n3)c(Cl)cn2)CC1. The standard InChI is InChI=1S/C27H35ClN10O/c1-18(13-26-35-37-38-36-26)32-19-5-7-20(8-6-19)33-25-14-21(22(28)15-30-25)23-3-2-4-24(34-23)31-17-27(16-29)9-11-39-12-10-27/h2-4,14-15,18-20,32H,5-13,17H2,1H3,(H,30,33)(H,31,34)(H,35,36,37,38)/t18-,19-,20-/m0/s1. The van der Waals surface area contributed by atoms with E-state index in [1.807, 2.05) is 24.3 Å². The fraction of sp³-hybridized carbons (Fsp3) is 0.556. The minimum absolute atomic E-state index is 0.301. The number of aromatic amines is 1. The molecule has 206 valence electrons. The summed E-state index contributed by atoms with van der Waals surface area (Å²) in [5.74, 6) is 2.31. The van der Waals surface area contributed by atoms with Gasteiger partial charge in [0.25, 0.3) is 0 Å². The van der Waals surface area contributed by atoms with E-state index in [0.717, 1.165) is 73.7 Å². The second kappa shape index (κ2) is 12.7. The Morgan fingerprint density at radius 2 is 1.97 bits per heavy atom. The van der Waals surface area contributed by atoms with E-state index in [4.69, 9.17) is 21.3 Å². The lowest BCUT2D eigenvalue weighted by molar-refractivity contribution is 0.0455. The van der Waals surface area contributed by atoms with Crippen molar-refractivity contribution in [3.8, 4) is 17.3 Å². The molecule has 39 heavy (non-hydrogen) atoms. The van der Waals surface area contributed by atoms with Crippen LogP contribution < -0.4 is 16.0 Å². The first-order valence-electron chi connectivity index (χ1n) is 13.6. The molecule has 0 amide bonds. The Morgan fingerprint density at radius 3 is 2.72 bits per heavy atom. The summed E-state index contributed by atoms with van der Waals surface area (Å²) in [5.41, 5.74) is 1.16. The Labute approximate surface area is 233 Å². The molecule has 11 nitrogen and oxygen atoms in total. The number of H-pyrrole nitrogens is 1. The van der Waals surface area contributed by atoms with Crippen molar-refractivity contribution in [2.45, 2.75) is 70.0 Å². The molecular weight excluding hydrogens is 516 g/mol. The van der Waals surface area contributed by atoms with Crippen LogP contribution in [-0.2, 0) is 11.2 Å². The van der Waals surface area contributed by atoms with E-state index in [-0.39, 0.29) is 0 Å². The third-order valence-electron chi connectivity index (χ3n) is 7.66. The first-order valence-corrected chi connectivity index (χ1v) is 14.0. The van der Waals surface area contributed by atoms with Crippen LogP contribution in [0, 0.1) is 16.7 Å². The van der Waals surface area contributed by atoms with Crippen LogP contribution in [0.4, 0.5) is 11.6 Å². The summed E-state index contributed by atoms with van der Waals surface area (Å²) in [5, 5.41) is 35.1. The normalized spacial score (nSPS) is 21.6. The Balaban J connectivity index is 1.16. The Morgan fingerprint density at radius 1 is 1.18 bits per heavy atom. The van der Waals surface area contributed by atoms with Gasteiger partial charge in [0.1, 0.15) is 17.5 Å². The molecule has 2 fully saturated rings. The smallest absolute Gasteiger partial charge is 0.149 e. The van der Waals surface area contributed by atoms with Crippen LogP contribution in [0.5, 0.6) is 0 Å². The molecule has 4 N–H and O–H groups in total.